The molecule has 3 nitrogen and oxygen atoms in total. The third-order valence-electron chi connectivity index (χ3n) is 3.72. The summed E-state index contributed by atoms with van der Waals surface area (Å²) in [6.45, 7) is 0.528. The predicted octanol–water partition coefficient (Wildman–Crippen LogP) is 1.04. The number of hydrogen-bond donors (Lipinski definition) is 2. The van der Waals surface area contributed by atoms with Crippen LogP contribution in [0.2, 0.25) is 0 Å². The minimum Gasteiger partial charge on any atom is -0.352 e. The summed E-state index contributed by atoms with van der Waals surface area (Å²) in [5.41, 5.74) is 0. The quantitative estimate of drug-likeness (QED) is 0.685. The van der Waals surface area contributed by atoms with Crippen LogP contribution in [0.5, 0.6) is 0 Å². The normalized spacial score (nSPS) is 25.7. The Morgan fingerprint density at radius 2 is 1.67 bits per heavy atom. The molecule has 2 N–H and O–H groups in total. The number of rotatable bonds is 6. The summed E-state index contributed by atoms with van der Waals surface area (Å²) in [6, 6.07) is 1.15. The first-order valence-corrected chi connectivity index (χ1v) is 6.35. The van der Waals surface area contributed by atoms with Gasteiger partial charge in [-0.1, -0.05) is 0 Å². The van der Waals surface area contributed by atoms with E-state index in [1.54, 1.807) is 0 Å². The fourth-order valence-electron chi connectivity index (χ4n) is 2.29. The first kappa shape index (κ1) is 9.64. The van der Waals surface area contributed by atoms with E-state index in [1.807, 2.05) is 0 Å². The molecule has 3 fully saturated rings. The van der Waals surface area contributed by atoms with Gasteiger partial charge < -0.3 is 10.6 Å². The van der Waals surface area contributed by atoms with Crippen molar-refractivity contribution in [3.05, 3.63) is 0 Å². The molecule has 0 spiro atoms. The van der Waals surface area contributed by atoms with Gasteiger partial charge >= 0.3 is 0 Å². The Labute approximate surface area is 91.0 Å². The Bertz CT molecular complexity index is 242. The van der Waals surface area contributed by atoms with Crippen LogP contribution < -0.4 is 10.6 Å². The minimum absolute atomic E-state index is 0.214. The van der Waals surface area contributed by atoms with Gasteiger partial charge in [0, 0.05) is 12.1 Å². The molecule has 3 heteroatoms. The van der Waals surface area contributed by atoms with E-state index < -0.39 is 0 Å². The van der Waals surface area contributed by atoms with Crippen LogP contribution >= 0.6 is 0 Å². The van der Waals surface area contributed by atoms with E-state index in [0.717, 1.165) is 11.8 Å². The third-order valence-corrected chi connectivity index (χ3v) is 3.72. The second-order valence-corrected chi connectivity index (χ2v) is 5.42. The summed E-state index contributed by atoms with van der Waals surface area (Å²) >= 11 is 0. The van der Waals surface area contributed by atoms with Crippen LogP contribution in [0.15, 0.2) is 0 Å². The first-order valence-electron chi connectivity index (χ1n) is 6.35. The van der Waals surface area contributed by atoms with Crippen molar-refractivity contribution in [3.8, 4) is 0 Å². The summed E-state index contributed by atoms with van der Waals surface area (Å²) in [7, 11) is 0. The Kier molecular flexibility index (Phi) is 2.43. The summed E-state index contributed by atoms with van der Waals surface area (Å²) in [5.74, 6) is 1.83. The molecule has 0 aromatic rings. The van der Waals surface area contributed by atoms with Crippen molar-refractivity contribution in [1.82, 2.24) is 10.6 Å². The van der Waals surface area contributed by atoms with Crippen LogP contribution in [0.3, 0.4) is 0 Å². The van der Waals surface area contributed by atoms with E-state index in [1.165, 1.54) is 38.5 Å². The molecule has 0 aromatic heterocycles. The van der Waals surface area contributed by atoms with Gasteiger partial charge in [-0.2, -0.15) is 0 Å². The molecule has 0 aromatic carbocycles. The number of amides is 1. The number of carbonyl (C=O) groups excluding carboxylic acids is 1. The van der Waals surface area contributed by atoms with E-state index in [0.29, 0.717) is 18.6 Å². The molecule has 3 aliphatic carbocycles. The van der Waals surface area contributed by atoms with Crippen LogP contribution in [0.25, 0.3) is 0 Å². The van der Waals surface area contributed by atoms with Gasteiger partial charge in [0.2, 0.25) is 5.91 Å². The van der Waals surface area contributed by atoms with Gasteiger partial charge in [-0.15, -0.1) is 0 Å². The molecule has 3 rings (SSSR count). The van der Waals surface area contributed by atoms with E-state index in [-0.39, 0.29) is 5.91 Å². The van der Waals surface area contributed by atoms with Crippen molar-refractivity contribution in [1.29, 1.82) is 0 Å². The lowest BCUT2D eigenvalue weighted by Crippen LogP contribution is -2.43. The second kappa shape index (κ2) is 3.78. The topological polar surface area (TPSA) is 41.1 Å². The third kappa shape index (κ3) is 2.71. The highest BCUT2D eigenvalue weighted by molar-refractivity contribution is 5.78. The Hall–Kier alpha value is -0.570. The molecule has 0 unspecified atom stereocenters. The monoisotopic (exact) mass is 208 g/mol. The van der Waals surface area contributed by atoms with E-state index in [2.05, 4.69) is 10.6 Å². The van der Waals surface area contributed by atoms with Gasteiger partial charge in [0.25, 0.3) is 0 Å². The number of nitrogens with one attached hydrogen (secondary N) is 2. The molecule has 3 aliphatic rings. The van der Waals surface area contributed by atoms with Crippen molar-refractivity contribution in [2.45, 2.75) is 50.6 Å². The largest absolute Gasteiger partial charge is 0.352 e. The maximum absolute atomic E-state index is 11.7. The van der Waals surface area contributed by atoms with Gasteiger partial charge in [-0.25, -0.2) is 0 Å². The van der Waals surface area contributed by atoms with Gasteiger partial charge in [-0.3, -0.25) is 4.79 Å². The average Bonchev–Trinajstić information content (AvgIpc) is 3.12. The molecular weight excluding hydrogens is 188 g/mol. The molecule has 0 saturated heterocycles. The van der Waals surface area contributed by atoms with Crippen molar-refractivity contribution in [2.75, 3.05) is 6.54 Å². The zero-order chi connectivity index (χ0) is 10.3. The highest BCUT2D eigenvalue weighted by Crippen LogP contribution is 2.44. The fraction of sp³-hybridized carbons (Fsp3) is 0.917. The molecule has 84 valence electrons. The lowest BCUT2D eigenvalue weighted by molar-refractivity contribution is -0.121. The Morgan fingerprint density at radius 3 is 2.13 bits per heavy atom. The summed E-state index contributed by atoms with van der Waals surface area (Å²) in [6.07, 6.45) is 7.83. The van der Waals surface area contributed by atoms with Crippen molar-refractivity contribution < 1.29 is 4.79 Å². The maximum atomic E-state index is 11.7. The SMILES string of the molecule is O=C(CNC1CC1)NC(C1CC1)C1CC1. The summed E-state index contributed by atoms with van der Waals surface area (Å²) in [5, 5.41) is 6.49. The van der Waals surface area contributed by atoms with Crippen molar-refractivity contribution in [2.24, 2.45) is 11.8 Å². The van der Waals surface area contributed by atoms with E-state index in [4.69, 9.17) is 0 Å². The average molecular weight is 208 g/mol. The van der Waals surface area contributed by atoms with E-state index in [9.17, 15) is 4.79 Å². The predicted molar refractivity (Wildman–Crippen MR) is 58.4 cm³/mol. The van der Waals surface area contributed by atoms with Crippen molar-refractivity contribution >= 4 is 5.91 Å². The van der Waals surface area contributed by atoms with Crippen LogP contribution in [-0.2, 0) is 4.79 Å². The zero-order valence-corrected chi connectivity index (χ0v) is 9.17. The molecule has 15 heavy (non-hydrogen) atoms. The Morgan fingerprint density at radius 1 is 1.07 bits per heavy atom. The molecule has 0 bridgehead atoms. The highest BCUT2D eigenvalue weighted by Gasteiger charge is 2.42. The van der Waals surface area contributed by atoms with Gasteiger partial charge in [-0.05, 0) is 50.4 Å². The molecule has 0 aliphatic heterocycles. The van der Waals surface area contributed by atoms with Gasteiger partial charge in [0.1, 0.15) is 0 Å². The van der Waals surface area contributed by atoms with Crippen LogP contribution in [0.1, 0.15) is 38.5 Å². The maximum Gasteiger partial charge on any atom is 0.234 e. The van der Waals surface area contributed by atoms with Crippen LogP contribution in [-0.4, -0.2) is 24.5 Å². The molecule has 0 atom stereocenters. The molecule has 0 radical (unpaired) electrons. The number of carbonyl (C=O) groups is 1. The summed E-state index contributed by atoms with van der Waals surface area (Å²) < 4.78 is 0. The molecule has 1 amide bonds. The minimum atomic E-state index is 0.214. The van der Waals surface area contributed by atoms with Gasteiger partial charge in [0.15, 0.2) is 0 Å². The fourth-order valence-corrected chi connectivity index (χ4v) is 2.29. The standard InChI is InChI=1S/C12H20N2O/c15-11(7-13-10-5-6-10)14-12(8-1-2-8)9-3-4-9/h8-10,12-13H,1-7H2,(H,14,15). The van der Waals surface area contributed by atoms with Crippen LogP contribution in [0, 0.1) is 11.8 Å². The van der Waals surface area contributed by atoms with E-state index >= 15 is 0 Å². The lowest BCUT2D eigenvalue weighted by atomic mass is 10.1. The first-order chi connectivity index (χ1) is 7.33. The molecule has 0 heterocycles. The Balaban J connectivity index is 1.42. The summed E-state index contributed by atoms with van der Waals surface area (Å²) in [4.78, 5) is 11.7. The second-order valence-electron chi connectivity index (χ2n) is 5.42. The molecular formula is C12H20N2O. The van der Waals surface area contributed by atoms with Crippen LogP contribution in [0.4, 0.5) is 0 Å². The number of hydrogen-bond acceptors (Lipinski definition) is 2. The van der Waals surface area contributed by atoms with Gasteiger partial charge in [0.05, 0.1) is 6.54 Å². The smallest absolute Gasteiger partial charge is 0.234 e. The highest BCUT2D eigenvalue weighted by atomic mass is 16.2. The lowest BCUT2D eigenvalue weighted by Gasteiger charge is -2.17. The zero-order valence-electron chi connectivity index (χ0n) is 9.17. The van der Waals surface area contributed by atoms with Crippen molar-refractivity contribution in [3.63, 3.8) is 0 Å². The molecule has 3 saturated carbocycles.